The van der Waals surface area contributed by atoms with Gasteiger partial charge in [-0.15, -0.1) is 0 Å². The Labute approximate surface area is 163 Å². The fourth-order valence-corrected chi connectivity index (χ4v) is 2.49. The molecule has 0 aliphatic rings. The van der Waals surface area contributed by atoms with Crippen LogP contribution in [0.4, 0.5) is 0 Å². The quantitative estimate of drug-likeness (QED) is 0.222. The molecule has 0 rings (SSSR count). The molecule has 0 aromatic carbocycles. The second-order valence-electron chi connectivity index (χ2n) is 6.43. The van der Waals surface area contributed by atoms with E-state index >= 15 is 0 Å². The number of carboxylic acid groups (broad SMARTS) is 1. The van der Waals surface area contributed by atoms with E-state index in [9.17, 15) is 24.3 Å². The molecule has 10 nitrogen and oxygen atoms in total. The predicted octanol–water partition coefficient (Wildman–Crippen LogP) is -1.73. The molecule has 156 valence electrons. The molecular weight excluding hydrogens is 376 g/mol. The average Bonchev–Trinajstić information content (AvgIpc) is 2.60. The van der Waals surface area contributed by atoms with E-state index in [1.54, 1.807) is 13.8 Å². The van der Waals surface area contributed by atoms with Gasteiger partial charge in [-0.2, -0.15) is 11.8 Å². The third-order valence-corrected chi connectivity index (χ3v) is 4.41. The lowest BCUT2D eigenvalue weighted by Crippen LogP contribution is -2.59. The monoisotopic (exact) mass is 406 g/mol. The van der Waals surface area contributed by atoms with Gasteiger partial charge in [0.1, 0.15) is 18.1 Å². The Morgan fingerprint density at radius 2 is 1.59 bits per heavy atom. The Hall–Kier alpha value is -1.85. The summed E-state index contributed by atoms with van der Waals surface area (Å²) in [6.07, 6.45) is 2.29. The molecule has 0 fully saturated rings. The number of hydrogen-bond donors (Lipinski definition) is 6. The highest BCUT2D eigenvalue weighted by atomic mass is 32.2. The number of nitrogens with one attached hydrogen (secondary N) is 3. The van der Waals surface area contributed by atoms with E-state index < -0.39 is 54.5 Å². The molecule has 27 heavy (non-hydrogen) atoms. The molecule has 0 saturated carbocycles. The maximum absolute atomic E-state index is 12.4. The van der Waals surface area contributed by atoms with Gasteiger partial charge in [-0.3, -0.25) is 19.2 Å². The van der Waals surface area contributed by atoms with Crippen molar-refractivity contribution >= 4 is 35.5 Å². The van der Waals surface area contributed by atoms with Crippen LogP contribution >= 0.6 is 11.8 Å². The Kier molecular flexibility index (Phi) is 11.7. The average molecular weight is 407 g/mol. The highest BCUT2D eigenvalue weighted by molar-refractivity contribution is 7.98. The molecule has 3 amide bonds. The van der Waals surface area contributed by atoms with Gasteiger partial charge >= 0.3 is 5.97 Å². The number of amides is 3. The summed E-state index contributed by atoms with van der Waals surface area (Å²) in [6.45, 7) is 3.96. The zero-order valence-electron chi connectivity index (χ0n) is 16.0. The van der Waals surface area contributed by atoms with Crippen molar-refractivity contribution in [2.75, 3.05) is 18.6 Å². The van der Waals surface area contributed by atoms with E-state index in [2.05, 4.69) is 16.0 Å². The van der Waals surface area contributed by atoms with Crippen molar-refractivity contribution in [2.24, 2.45) is 11.7 Å². The molecule has 0 aliphatic heterocycles. The van der Waals surface area contributed by atoms with Gasteiger partial charge in [0.05, 0.1) is 12.6 Å². The van der Waals surface area contributed by atoms with Gasteiger partial charge in [0.15, 0.2) is 0 Å². The van der Waals surface area contributed by atoms with Crippen LogP contribution in [0.5, 0.6) is 0 Å². The summed E-state index contributed by atoms with van der Waals surface area (Å²) in [5.74, 6) is -2.91. The maximum Gasteiger partial charge on any atom is 0.325 e. The van der Waals surface area contributed by atoms with Crippen molar-refractivity contribution in [3.63, 3.8) is 0 Å². The lowest BCUT2D eigenvalue weighted by Gasteiger charge is -2.25. The van der Waals surface area contributed by atoms with Crippen LogP contribution in [0.15, 0.2) is 0 Å². The highest BCUT2D eigenvalue weighted by Gasteiger charge is 2.30. The van der Waals surface area contributed by atoms with Crippen molar-refractivity contribution in [2.45, 2.75) is 51.4 Å². The standard InChI is InChI=1S/C16H30N4O6S/c1-8(2)12(15(24)18-9(3)16(25)26)20-14(23)11(7-21)19-13(22)10(17)5-6-27-4/h8-12,21H,5-7,17H2,1-4H3,(H,18,24)(H,19,22)(H,20,23)(H,25,26). The Balaban J connectivity index is 4.95. The molecule has 0 aromatic rings. The summed E-state index contributed by atoms with van der Waals surface area (Å²) in [4.78, 5) is 47.5. The van der Waals surface area contributed by atoms with Gasteiger partial charge in [-0.05, 0) is 31.3 Å². The minimum absolute atomic E-state index is 0.353. The zero-order valence-corrected chi connectivity index (χ0v) is 16.8. The fraction of sp³-hybridized carbons (Fsp3) is 0.750. The Morgan fingerprint density at radius 3 is 2.04 bits per heavy atom. The number of aliphatic hydroxyl groups is 1. The van der Waals surface area contributed by atoms with Gasteiger partial charge < -0.3 is 31.9 Å². The molecule has 4 atom stereocenters. The number of thioether (sulfide) groups is 1. The van der Waals surface area contributed by atoms with Crippen molar-refractivity contribution in [3.05, 3.63) is 0 Å². The lowest BCUT2D eigenvalue weighted by molar-refractivity contribution is -0.142. The van der Waals surface area contributed by atoms with E-state index in [1.807, 2.05) is 6.26 Å². The number of carboxylic acids is 1. The van der Waals surface area contributed by atoms with Gasteiger partial charge in [0.25, 0.3) is 0 Å². The van der Waals surface area contributed by atoms with E-state index in [0.717, 1.165) is 0 Å². The number of aliphatic carboxylic acids is 1. The van der Waals surface area contributed by atoms with Crippen LogP contribution < -0.4 is 21.7 Å². The Morgan fingerprint density at radius 1 is 1.00 bits per heavy atom. The van der Waals surface area contributed by atoms with E-state index in [-0.39, 0.29) is 5.92 Å². The van der Waals surface area contributed by atoms with Crippen molar-refractivity contribution in [3.8, 4) is 0 Å². The number of carbonyl (C=O) groups excluding carboxylic acids is 3. The summed E-state index contributed by atoms with van der Waals surface area (Å²) in [5, 5.41) is 25.4. The third kappa shape index (κ3) is 9.07. The highest BCUT2D eigenvalue weighted by Crippen LogP contribution is 2.04. The molecule has 11 heteroatoms. The maximum atomic E-state index is 12.4. The molecule has 4 unspecified atom stereocenters. The van der Waals surface area contributed by atoms with Crippen LogP contribution in [0.3, 0.4) is 0 Å². The predicted molar refractivity (Wildman–Crippen MR) is 102 cm³/mol. The fourth-order valence-electron chi connectivity index (χ4n) is 2.00. The smallest absolute Gasteiger partial charge is 0.325 e. The molecule has 0 bridgehead atoms. The van der Waals surface area contributed by atoms with Crippen LogP contribution in [0.25, 0.3) is 0 Å². The molecule has 0 heterocycles. The van der Waals surface area contributed by atoms with Crippen molar-refractivity contribution in [1.29, 1.82) is 0 Å². The summed E-state index contributed by atoms with van der Waals surface area (Å²) in [6, 6.07) is -4.25. The van der Waals surface area contributed by atoms with Crippen LogP contribution in [0.2, 0.25) is 0 Å². The topological polar surface area (TPSA) is 171 Å². The first-order valence-electron chi connectivity index (χ1n) is 8.54. The first-order valence-corrected chi connectivity index (χ1v) is 9.93. The molecule has 0 radical (unpaired) electrons. The first-order chi connectivity index (χ1) is 12.5. The second-order valence-corrected chi connectivity index (χ2v) is 7.42. The van der Waals surface area contributed by atoms with E-state index in [4.69, 9.17) is 10.8 Å². The van der Waals surface area contributed by atoms with Gasteiger partial charge in [0, 0.05) is 0 Å². The minimum Gasteiger partial charge on any atom is -0.480 e. The zero-order chi connectivity index (χ0) is 21.1. The number of rotatable bonds is 12. The number of aliphatic hydroxyl groups excluding tert-OH is 1. The lowest BCUT2D eigenvalue weighted by atomic mass is 10.0. The first kappa shape index (κ1) is 25.1. The molecule has 0 aromatic heterocycles. The largest absolute Gasteiger partial charge is 0.480 e. The number of nitrogens with two attached hydrogens (primary N) is 1. The molecule has 0 saturated heterocycles. The van der Waals surface area contributed by atoms with Crippen LogP contribution in [-0.4, -0.2) is 76.7 Å². The minimum atomic E-state index is -1.27. The third-order valence-electron chi connectivity index (χ3n) is 3.76. The normalized spacial score (nSPS) is 15.4. The summed E-state index contributed by atoms with van der Waals surface area (Å²) in [5.41, 5.74) is 5.73. The van der Waals surface area contributed by atoms with Gasteiger partial charge in [-0.25, -0.2) is 0 Å². The van der Waals surface area contributed by atoms with Crippen LogP contribution in [-0.2, 0) is 19.2 Å². The Bertz CT molecular complexity index is 531. The molecule has 7 N–H and O–H groups in total. The molecule has 0 spiro atoms. The van der Waals surface area contributed by atoms with Crippen LogP contribution in [0.1, 0.15) is 27.2 Å². The van der Waals surface area contributed by atoms with E-state index in [0.29, 0.717) is 12.2 Å². The number of hydrogen-bond acceptors (Lipinski definition) is 7. The van der Waals surface area contributed by atoms with E-state index in [1.165, 1.54) is 18.7 Å². The molecular formula is C16H30N4O6S. The second kappa shape index (κ2) is 12.5. The summed E-state index contributed by atoms with van der Waals surface area (Å²) in [7, 11) is 0. The van der Waals surface area contributed by atoms with Crippen molar-refractivity contribution in [1.82, 2.24) is 16.0 Å². The van der Waals surface area contributed by atoms with Gasteiger partial charge in [-0.1, -0.05) is 13.8 Å². The van der Waals surface area contributed by atoms with Crippen LogP contribution in [0, 0.1) is 5.92 Å². The molecule has 0 aliphatic carbocycles. The van der Waals surface area contributed by atoms with Crippen molar-refractivity contribution < 1.29 is 29.4 Å². The van der Waals surface area contributed by atoms with Gasteiger partial charge in [0.2, 0.25) is 17.7 Å². The summed E-state index contributed by atoms with van der Waals surface area (Å²) >= 11 is 1.52. The summed E-state index contributed by atoms with van der Waals surface area (Å²) < 4.78 is 0. The SMILES string of the molecule is CSCCC(N)C(=O)NC(CO)C(=O)NC(C(=O)NC(C)C(=O)O)C(C)C. The number of carbonyl (C=O) groups is 4.